The van der Waals surface area contributed by atoms with Crippen molar-refractivity contribution in [3.05, 3.63) is 154 Å². The first kappa shape index (κ1) is 29.2. The zero-order valence-corrected chi connectivity index (χ0v) is 23.2. The number of nitro groups is 1. The molecule has 42 heavy (non-hydrogen) atoms. The van der Waals surface area contributed by atoms with Crippen molar-refractivity contribution in [3.8, 4) is 11.8 Å². The molecule has 1 aliphatic heterocycles. The summed E-state index contributed by atoms with van der Waals surface area (Å²) in [4.78, 5) is 12.3. The van der Waals surface area contributed by atoms with E-state index in [2.05, 4.69) is 11.8 Å². The van der Waals surface area contributed by atoms with E-state index in [-0.39, 0.29) is 24.7 Å². The van der Waals surface area contributed by atoms with Gasteiger partial charge in [-0.25, -0.2) is 0 Å². The van der Waals surface area contributed by atoms with Gasteiger partial charge in [-0.3, -0.25) is 10.1 Å². The molecule has 5 atom stereocenters. The summed E-state index contributed by atoms with van der Waals surface area (Å²) in [5.74, 6) is 6.08. The Balaban J connectivity index is 1.45. The van der Waals surface area contributed by atoms with Crippen LogP contribution in [0.15, 0.2) is 121 Å². The molecule has 0 bridgehead atoms. The van der Waals surface area contributed by atoms with Crippen molar-refractivity contribution in [1.82, 2.24) is 0 Å². The average molecular weight is 564 g/mol. The van der Waals surface area contributed by atoms with Crippen LogP contribution in [0.25, 0.3) is 0 Å². The minimum atomic E-state index is -1.28. The van der Waals surface area contributed by atoms with Crippen molar-refractivity contribution in [2.24, 2.45) is 0 Å². The zero-order valence-electron chi connectivity index (χ0n) is 23.2. The number of hydrogen-bond donors (Lipinski definition) is 0. The average Bonchev–Trinajstić information content (AvgIpc) is 3.04. The fourth-order valence-electron chi connectivity index (χ4n) is 4.88. The second-order valence-electron chi connectivity index (χ2n) is 10.0. The maximum atomic E-state index is 12.6. The van der Waals surface area contributed by atoms with E-state index in [4.69, 9.17) is 18.9 Å². The SMILES string of the molecule is O=[N+]([O-])[C@@H]1[C@@H](OCc2ccccc2)[C@H](OCc2ccccc2)[C@@H](COCc2ccccc2)O[C@H]1C#Cc1ccccc1. The molecule has 1 saturated heterocycles. The van der Waals surface area contributed by atoms with E-state index in [1.807, 2.05) is 121 Å². The van der Waals surface area contributed by atoms with Crippen molar-refractivity contribution >= 4 is 0 Å². The summed E-state index contributed by atoms with van der Waals surface area (Å²) in [6.07, 6.45) is -3.43. The van der Waals surface area contributed by atoms with Gasteiger partial charge in [-0.1, -0.05) is 121 Å². The van der Waals surface area contributed by atoms with Crippen molar-refractivity contribution < 1.29 is 23.9 Å². The highest BCUT2D eigenvalue weighted by Crippen LogP contribution is 2.30. The van der Waals surface area contributed by atoms with E-state index >= 15 is 0 Å². The van der Waals surface area contributed by atoms with Gasteiger partial charge in [0.25, 0.3) is 6.04 Å². The first-order chi connectivity index (χ1) is 20.7. The van der Waals surface area contributed by atoms with Gasteiger partial charge in [-0.2, -0.15) is 0 Å². The lowest BCUT2D eigenvalue weighted by Crippen LogP contribution is -2.62. The van der Waals surface area contributed by atoms with Gasteiger partial charge >= 0.3 is 0 Å². The highest BCUT2D eigenvalue weighted by molar-refractivity contribution is 5.35. The second kappa shape index (κ2) is 15.1. The number of nitrogens with zero attached hydrogens (tertiary/aromatic N) is 1. The normalized spacial score (nSPS) is 21.7. The molecule has 0 radical (unpaired) electrons. The number of ether oxygens (including phenoxy) is 4. The first-order valence-electron chi connectivity index (χ1n) is 14.0. The quantitative estimate of drug-likeness (QED) is 0.130. The van der Waals surface area contributed by atoms with E-state index in [1.165, 1.54) is 0 Å². The van der Waals surface area contributed by atoms with Crippen LogP contribution in [0.3, 0.4) is 0 Å². The zero-order chi connectivity index (χ0) is 29.0. The Morgan fingerprint density at radius 1 is 0.667 bits per heavy atom. The van der Waals surface area contributed by atoms with Crippen molar-refractivity contribution in [2.45, 2.75) is 50.3 Å². The molecule has 4 aromatic rings. The van der Waals surface area contributed by atoms with Gasteiger partial charge in [0.1, 0.15) is 12.2 Å². The van der Waals surface area contributed by atoms with Crippen molar-refractivity contribution in [2.75, 3.05) is 6.61 Å². The number of benzene rings is 4. The standard InChI is InChI=1S/C35H33NO6/c37-36(38)33-31(22-21-27-13-5-1-6-14-27)42-32(26-39-23-28-15-7-2-8-16-28)34(40-24-29-17-9-3-10-18-29)35(33)41-25-30-19-11-4-12-20-30/h1-20,31-35H,23-26H2/t31-,32+,33-,34+,35+/m0/s1. The van der Waals surface area contributed by atoms with E-state index in [9.17, 15) is 10.1 Å². The van der Waals surface area contributed by atoms with Crippen LogP contribution < -0.4 is 0 Å². The molecule has 0 amide bonds. The molecule has 0 N–H and O–H groups in total. The fraction of sp³-hybridized carbons (Fsp3) is 0.257. The monoisotopic (exact) mass is 563 g/mol. The summed E-state index contributed by atoms with van der Waals surface area (Å²) in [6.45, 7) is 0.922. The lowest BCUT2D eigenvalue weighted by Gasteiger charge is -2.41. The molecular formula is C35H33NO6. The van der Waals surface area contributed by atoms with E-state index in [1.54, 1.807) is 0 Å². The van der Waals surface area contributed by atoms with Crippen LogP contribution in [0, 0.1) is 22.0 Å². The van der Waals surface area contributed by atoms with Gasteiger partial charge in [0, 0.05) is 10.5 Å². The minimum Gasteiger partial charge on any atom is -0.374 e. The molecule has 0 spiro atoms. The Labute approximate surface area is 246 Å². The van der Waals surface area contributed by atoms with Gasteiger partial charge in [0.15, 0.2) is 12.2 Å². The molecule has 0 saturated carbocycles. The Bertz CT molecular complexity index is 1440. The lowest BCUT2D eigenvalue weighted by atomic mass is 9.92. The van der Waals surface area contributed by atoms with Gasteiger partial charge < -0.3 is 18.9 Å². The van der Waals surface area contributed by atoms with E-state index in [0.29, 0.717) is 6.61 Å². The van der Waals surface area contributed by atoms with E-state index in [0.717, 1.165) is 22.3 Å². The van der Waals surface area contributed by atoms with Crippen molar-refractivity contribution in [1.29, 1.82) is 0 Å². The summed E-state index contributed by atoms with van der Waals surface area (Å²) >= 11 is 0. The molecular weight excluding hydrogens is 530 g/mol. The largest absolute Gasteiger partial charge is 0.374 e. The minimum absolute atomic E-state index is 0.146. The molecule has 5 rings (SSSR count). The number of hydrogen-bond acceptors (Lipinski definition) is 6. The topological polar surface area (TPSA) is 80.1 Å². The van der Waals surface area contributed by atoms with Gasteiger partial charge in [-0.05, 0) is 28.8 Å². The van der Waals surface area contributed by atoms with Crippen LogP contribution in [0.4, 0.5) is 0 Å². The molecule has 0 aromatic heterocycles. The molecule has 7 nitrogen and oxygen atoms in total. The summed E-state index contributed by atoms with van der Waals surface area (Å²) < 4.78 is 25.2. The molecule has 1 aliphatic rings. The maximum Gasteiger partial charge on any atom is 0.278 e. The smallest absolute Gasteiger partial charge is 0.278 e. The Kier molecular flexibility index (Phi) is 10.5. The molecule has 0 aliphatic carbocycles. The summed E-state index contributed by atoms with van der Waals surface area (Å²) in [5.41, 5.74) is 3.59. The molecule has 4 aromatic carbocycles. The van der Waals surface area contributed by atoms with E-state index < -0.39 is 30.5 Å². The van der Waals surface area contributed by atoms with Crippen LogP contribution in [0.5, 0.6) is 0 Å². The summed E-state index contributed by atoms with van der Waals surface area (Å²) in [5, 5.41) is 12.6. The van der Waals surface area contributed by atoms with Crippen LogP contribution in [0.1, 0.15) is 22.3 Å². The van der Waals surface area contributed by atoms with Crippen molar-refractivity contribution in [3.63, 3.8) is 0 Å². The third-order valence-electron chi connectivity index (χ3n) is 7.00. The maximum absolute atomic E-state index is 12.6. The predicted octanol–water partition coefficient (Wildman–Crippen LogP) is 5.84. The van der Waals surface area contributed by atoms with Crippen LogP contribution in [-0.2, 0) is 38.8 Å². The van der Waals surface area contributed by atoms with Gasteiger partial charge in [0.2, 0.25) is 0 Å². The lowest BCUT2D eigenvalue weighted by molar-refractivity contribution is -0.557. The highest BCUT2D eigenvalue weighted by atomic mass is 16.7. The fourth-order valence-corrected chi connectivity index (χ4v) is 4.88. The first-order valence-corrected chi connectivity index (χ1v) is 14.0. The molecule has 0 unspecified atom stereocenters. The van der Waals surface area contributed by atoms with Gasteiger partial charge in [0.05, 0.1) is 26.4 Å². The highest BCUT2D eigenvalue weighted by Gasteiger charge is 2.53. The van der Waals surface area contributed by atoms with Crippen LogP contribution in [-0.4, -0.2) is 42.0 Å². The Morgan fingerprint density at radius 2 is 1.14 bits per heavy atom. The molecule has 214 valence electrons. The predicted molar refractivity (Wildman–Crippen MR) is 159 cm³/mol. The Hall–Kier alpha value is -4.32. The van der Waals surface area contributed by atoms with Crippen LogP contribution in [0.2, 0.25) is 0 Å². The number of rotatable bonds is 11. The third kappa shape index (κ3) is 8.12. The van der Waals surface area contributed by atoms with Gasteiger partial charge in [-0.15, -0.1) is 0 Å². The molecule has 1 fully saturated rings. The molecule has 7 heteroatoms. The molecule has 1 heterocycles. The second-order valence-corrected chi connectivity index (χ2v) is 10.0. The summed E-state index contributed by atoms with van der Waals surface area (Å²) in [6, 6.07) is 37.1. The van der Waals surface area contributed by atoms with Crippen LogP contribution >= 0.6 is 0 Å². The summed E-state index contributed by atoms with van der Waals surface area (Å²) in [7, 11) is 0. The third-order valence-corrected chi connectivity index (χ3v) is 7.00. The Morgan fingerprint density at radius 3 is 1.67 bits per heavy atom.